The van der Waals surface area contributed by atoms with Crippen LogP contribution in [0.15, 0.2) is 43.0 Å². The van der Waals surface area contributed by atoms with Crippen LogP contribution in [0.4, 0.5) is 0 Å². The summed E-state index contributed by atoms with van der Waals surface area (Å²) < 4.78 is 25.0. The van der Waals surface area contributed by atoms with Crippen LogP contribution in [0, 0.1) is 0 Å². The van der Waals surface area contributed by atoms with Crippen LogP contribution in [0.3, 0.4) is 0 Å². The molecule has 2 rings (SSSR count). The van der Waals surface area contributed by atoms with Crippen molar-refractivity contribution in [2.45, 2.75) is 24.3 Å². The van der Waals surface area contributed by atoms with Gasteiger partial charge in [-0.1, -0.05) is 36.4 Å². The number of nitrogens with zero attached hydrogens (tertiary/aromatic N) is 1. The molecule has 1 saturated heterocycles. The van der Waals surface area contributed by atoms with Crippen molar-refractivity contribution in [2.75, 3.05) is 18.9 Å². The molecule has 1 aliphatic rings. The summed E-state index contributed by atoms with van der Waals surface area (Å²) in [4.78, 5) is 0.734. The van der Waals surface area contributed by atoms with Crippen LogP contribution in [0.25, 0.3) is 0 Å². The third kappa shape index (κ3) is 2.66. The van der Waals surface area contributed by atoms with Gasteiger partial charge in [0.1, 0.15) is 4.87 Å². The summed E-state index contributed by atoms with van der Waals surface area (Å²) in [6.45, 7) is 4.37. The summed E-state index contributed by atoms with van der Waals surface area (Å²) in [5.41, 5.74) is 1.06. The quantitative estimate of drug-likeness (QED) is 0.809. The number of benzene rings is 1. The SMILES string of the molecule is C=CCS(=O)(=O)C1(CO)CCCN1Cc1ccccc1. The van der Waals surface area contributed by atoms with E-state index >= 15 is 0 Å². The normalized spacial score (nSPS) is 23.9. The predicted molar refractivity (Wildman–Crippen MR) is 79.9 cm³/mol. The third-order valence-corrected chi connectivity index (χ3v) is 6.38. The highest BCUT2D eigenvalue weighted by atomic mass is 32.2. The Morgan fingerprint density at radius 2 is 2.05 bits per heavy atom. The van der Waals surface area contributed by atoms with Gasteiger partial charge in [-0.25, -0.2) is 8.42 Å². The Bertz CT molecular complexity index is 556. The van der Waals surface area contributed by atoms with Gasteiger partial charge < -0.3 is 5.11 Å². The summed E-state index contributed by atoms with van der Waals surface area (Å²) in [7, 11) is -3.43. The van der Waals surface area contributed by atoms with Gasteiger partial charge in [0.15, 0.2) is 9.84 Å². The molecule has 1 atom stereocenters. The maximum Gasteiger partial charge on any atom is 0.175 e. The molecule has 110 valence electrons. The zero-order valence-corrected chi connectivity index (χ0v) is 12.3. The van der Waals surface area contributed by atoms with Crippen LogP contribution in [0.2, 0.25) is 0 Å². The van der Waals surface area contributed by atoms with E-state index < -0.39 is 14.7 Å². The Labute approximate surface area is 120 Å². The molecule has 0 bridgehead atoms. The van der Waals surface area contributed by atoms with Gasteiger partial charge in [-0.05, 0) is 18.4 Å². The second kappa shape index (κ2) is 6.08. The molecule has 1 N–H and O–H groups in total. The molecule has 20 heavy (non-hydrogen) atoms. The fourth-order valence-corrected chi connectivity index (χ4v) is 4.70. The molecule has 4 nitrogen and oxygen atoms in total. The molecule has 1 fully saturated rings. The molecule has 1 aromatic rings. The summed E-state index contributed by atoms with van der Waals surface area (Å²) >= 11 is 0. The van der Waals surface area contributed by atoms with E-state index in [1.807, 2.05) is 35.2 Å². The smallest absolute Gasteiger partial charge is 0.175 e. The molecule has 1 aromatic carbocycles. The van der Waals surface area contributed by atoms with Crippen molar-refractivity contribution in [3.63, 3.8) is 0 Å². The number of aliphatic hydroxyl groups excluding tert-OH is 1. The first kappa shape index (κ1) is 15.2. The molecular formula is C15H21NO3S. The summed E-state index contributed by atoms with van der Waals surface area (Å²) in [5, 5.41) is 9.77. The lowest BCUT2D eigenvalue weighted by Gasteiger charge is -2.36. The van der Waals surface area contributed by atoms with Gasteiger partial charge >= 0.3 is 0 Å². The minimum atomic E-state index is -3.43. The summed E-state index contributed by atoms with van der Waals surface area (Å²) in [6.07, 6.45) is 2.65. The fraction of sp³-hybridized carbons (Fsp3) is 0.467. The summed E-state index contributed by atoms with van der Waals surface area (Å²) in [5.74, 6) is -0.0984. The Morgan fingerprint density at radius 3 is 2.65 bits per heavy atom. The van der Waals surface area contributed by atoms with Gasteiger partial charge in [0.25, 0.3) is 0 Å². The van der Waals surface area contributed by atoms with E-state index in [0.29, 0.717) is 19.5 Å². The van der Waals surface area contributed by atoms with Gasteiger partial charge in [-0.2, -0.15) is 0 Å². The summed E-state index contributed by atoms with van der Waals surface area (Å²) in [6, 6.07) is 9.75. The van der Waals surface area contributed by atoms with Gasteiger partial charge in [0.05, 0.1) is 12.4 Å². The van der Waals surface area contributed by atoms with Crippen LogP contribution in [-0.2, 0) is 16.4 Å². The van der Waals surface area contributed by atoms with Crippen LogP contribution in [0.1, 0.15) is 18.4 Å². The number of rotatable bonds is 6. The van der Waals surface area contributed by atoms with Crippen LogP contribution >= 0.6 is 0 Å². The second-order valence-corrected chi connectivity index (χ2v) is 7.51. The van der Waals surface area contributed by atoms with Gasteiger partial charge in [0, 0.05) is 13.1 Å². The number of hydrogen-bond donors (Lipinski definition) is 1. The first-order chi connectivity index (χ1) is 9.55. The zero-order valence-electron chi connectivity index (χ0n) is 11.5. The zero-order chi connectivity index (χ0) is 14.6. The fourth-order valence-electron chi connectivity index (χ4n) is 2.87. The highest BCUT2D eigenvalue weighted by Gasteiger charge is 2.50. The molecule has 0 aromatic heterocycles. The average Bonchev–Trinajstić information content (AvgIpc) is 2.84. The van der Waals surface area contributed by atoms with E-state index in [4.69, 9.17) is 0 Å². The first-order valence-electron chi connectivity index (χ1n) is 6.79. The van der Waals surface area contributed by atoms with Crippen molar-refractivity contribution in [2.24, 2.45) is 0 Å². The van der Waals surface area contributed by atoms with Crippen molar-refractivity contribution in [1.29, 1.82) is 0 Å². The predicted octanol–water partition coefficient (Wildman–Crippen LogP) is 1.57. The lowest BCUT2D eigenvalue weighted by atomic mass is 10.2. The van der Waals surface area contributed by atoms with Crippen molar-refractivity contribution in [1.82, 2.24) is 4.90 Å². The Morgan fingerprint density at radius 1 is 1.35 bits per heavy atom. The molecule has 1 heterocycles. The van der Waals surface area contributed by atoms with E-state index in [9.17, 15) is 13.5 Å². The first-order valence-corrected chi connectivity index (χ1v) is 8.44. The van der Waals surface area contributed by atoms with Gasteiger partial charge in [0.2, 0.25) is 0 Å². The lowest BCUT2D eigenvalue weighted by molar-refractivity contribution is 0.120. The molecule has 5 heteroatoms. The Balaban J connectivity index is 2.30. The standard InChI is InChI=1S/C15H21NO3S/c1-2-11-20(18,19)15(13-17)9-6-10-16(15)12-14-7-4-3-5-8-14/h2-5,7-8,17H,1,6,9-13H2. The maximum absolute atomic E-state index is 12.5. The molecule has 0 saturated carbocycles. The van der Waals surface area contributed by atoms with Crippen molar-refractivity contribution >= 4 is 9.84 Å². The Hall–Kier alpha value is -1.17. The molecule has 0 aliphatic carbocycles. The average molecular weight is 295 g/mol. The molecule has 0 amide bonds. The number of aliphatic hydroxyl groups is 1. The van der Waals surface area contributed by atoms with Crippen LogP contribution in [0.5, 0.6) is 0 Å². The van der Waals surface area contributed by atoms with E-state index in [0.717, 1.165) is 12.0 Å². The Kier molecular flexibility index (Phi) is 4.62. The maximum atomic E-state index is 12.5. The van der Waals surface area contributed by atoms with Crippen LogP contribution < -0.4 is 0 Å². The largest absolute Gasteiger partial charge is 0.393 e. The van der Waals surface area contributed by atoms with E-state index in [1.54, 1.807) is 0 Å². The molecule has 1 unspecified atom stereocenters. The number of likely N-dealkylation sites (tertiary alicyclic amines) is 1. The number of sulfone groups is 1. The topological polar surface area (TPSA) is 57.6 Å². The molecular weight excluding hydrogens is 274 g/mol. The van der Waals surface area contributed by atoms with E-state index in [-0.39, 0.29) is 12.4 Å². The molecule has 0 spiro atoms. The third-order valence-electron chi connectivity index (χ3n) is 3.95. The van der Waals surface area contributed by atoms with Crippen molar-refractivity contribution < 1.29 is 13.5 Å². The van der Waals surface area contributed by atoms with Crippen LogP contribution in [-0.4, -0.2) is 42.2 Å². The second-order valence-electron chi connectivity index (χ2n) is 5.19. The van der Waals surface area contributed by atoms with Crippen molar-refractivity contribution in [3.05, 3.63) is 48.6 Å². The highest BCUT2D eigenvalue weighted by molar-refractivity contribution is 7.92. The molecule has 1 aliphatic heterocycles. The highest BCUT2D eigenvalue weighted by Crippen LogP contribution is 2.36. The minimum Gasteiger partial charge on any atom is -0.393 e. The molecule has 0 radical (unpaired) electrons. The lowest BCUT2D eigenvalue weighted by Crippen LogP contribution is -2.53. The van der Waals surface area contributed by atoms with E-state index in [2.05, 4.69) is 6.58 Å². The van der Waals surface area contributed by atoms with Gasteiger partial charge in [-0.15, -0.1) is 6.58 Å². The number of hydrogen-bond acceptors (Lipinski definition) is 4. The van der Waals surface area contributed by atoms with Gasteiger partial charge in [-0.3, -0.25) is 4.90 Å². The van der Waals surface area contributed by atoms with Crippen molar-refractivity contribution in [3.8, 4) is 0 Å². The monoisotopic (exact) mass is 295 g/mol. The minimum absolute atomic E-state index is 0.0984. The van der Waals surface area contributed by atoms with E-state index in [1.165, 1.54) is 6.08 Å².